The lowest BCUT2D eigenvalue weighted by atomic mass is 9.90. The SMILES string of the molecule is C[C@@H](O)COc1ccnc(-c2nc3c(c(N(C)CC(=O)CC(C)(C)C)n2)CCC3)c1. The van der Waals surface area contributed by atoms with Gasteiger partial charge >= 0.3 is 0 Å². The lowest BCUT2D eigenvalue weighted by Gasteiger charge is -2.23. The summed E-state index contributed by atoms with van der Waals surface area (Å²) < 4.78 is 5.60. The second-order valence-corrected chi connectivity index (χ2v) is 9.32. The number of carbonyl (C=O) groups excluding carboxylic acids is 1. The fourth-order valence-electron chi connectivity index (χ4n) is 3.67. The Kier molecular flexibility index (Phi) is 6.71. The number of aliphatic hydroxyl groups excluding tert-OH is 1. The van der Waals surface area contributed by atoms with Crippen LogP contribution in [0, 0.1) is 5.41 Å². The summed E-state index contributed by atoms with van der Waals surface area (Å²) in [5.74, 6) is 2.15. The molecule has 0 aromatic carbocycles. The molecule has 0 spiro atoms. The Morgan fingerprint density at radius 1 is 1.30 bits per heavy atom. The van der Waals surface area contributed by atoms with Gasteiger partial charge in [0.15, 0.2) is 11.6 Å². The number of hydrogen-bond acceptors (Lipinski definition) is 7. The van der Waals surface area contributed by atoms with Crippen molar-refractivity contribution < 1.29 is 14.6 Å². The van der Waals surface area contributed by atoms with Crippen molar-refractivity contribution in [3.8, 4) is 17.3 Å². The molecule has 2 aromatic heterocycles. The van der Waals surface area contributed by atoms with Crippen molar-refractivity contribution in [1.29, 1.82) is 0 Å². The van der Waals surface area contributed by atoms with E-state index in [2.05, 4.69) is 25.8 Å². The Balaban J connectivity index is 1.88. The van der Waals surface area contributed by atoms with Gasteiger partial charge in [-0.05, 0) is 37.7 Å². The van der Waals surface area contributed by atoms with Crippen LogP contribution in [-0.4, -0.2) is 52.1 Å². The van der Waals surface area contributed by atoms with Crippen molar-refractivity contribution in [2.75, 3.05) is 25.1 Å². The predicted molar refractivity (Wildman–Crippen MR) is 117 cm³/mol. The van der Waals surface area contributed by atoms with E-state index in [0.29, 0.717) is 30.2 Å². The minimum Gasteiger partial charge on any atom is -0.491 e. The average Bonchev–Trinajstić information content (AvgIpc) is 3.12. The maximum Gasteiger partial charge on any atom is 0.180 e. The number of hydrogen-bond donors (Lipinski definition) is 1. The molecule has 7 nitrogen and oxygen atoms in total. The van der Waals surface area contributed by atoms with Gasteiger partial charge in [-0.15, -0.1) is 0 Å². The van der Waals surface area contributed by atoms with Crippen molar-refractivity contribution in [1.82, 2.24) is 15.0 Å². The van der Waals surface area contributed by atoms with Crippen molar-refractivity contribution in [3.63, 3.8) is 0 Å². The Hall–Kier alpha value is -2.54. The average molecular weight is 413 g/mol. The molecule has 2 aromatic rings. The van der Waals surface area contributed by atoms with Gasteiger partial charge in [-0.25, -0.2) is 9.97 Å². The minimum atomic E-state index is -0.552. The number of aliphatic hydroxyl groups is 1. The molecule has 1 atom stereocenters. The fraction of sp³-hybridized carbons (Fsp3) is 0.565. The first kappa shape index (κ1) is 22.2. The lowest BCUT2D eigenvalue weighted by molar-refractivity contribution is -0.119. The van der Waals surface area contributed by atoms with Crippen LogP contribution in [0.15, 0.2) is 18.3 Å². The van der Waals surface area contributed by atoms with E-state index in [4.69, 9.17) is 14.7 Å². The first-order valence-electron chi connectivity index (χ1n) is 10.5. The molecule has 0 amide bonds. The number of pyridine rings is 1. The highest BCUT2D eigenvalue weighted by atomic mass is 16.5. The van der Waals surface area contributed by atoms with Crippen LogP contribution < -0.4 is 9.64 Å². The summed E-state index contributed by atoms with van der Waals surface area (Å²) in [5, 5.41) is 9.45. The van der Waals surface area contributed by atoms with Gasteiger partial charge in [-0.3, -0.25) is 9.78 Å². The van der Waals surface area contributed by atoms with Gasteiger partial charge < -0.3 is 14.7 Å². The summed E-state index contributed by atoms with van der Waals surface area (Å²) in [6.45, 7) is 8.43. The molecule has 0 radical (unpaired) electrons. The molecule has 30 heavy (non-hydrogen) atoms. The van der Waals surface area contributed by atoms with E-state index in [1.165, 1.54) is 0 Å². The van der Waals surface area contributed by atoms with Crippen LogP contribution in [0.5, 0.6) is 5.75 Å². The normalized spacial score (nSPS) is 14.3. The van der Waals surface area contributed by atoms with Crippen LogP contribution in [-0.2, 0) is 17.6 Å². The van der Waals surface area contributed by atoms with E-state index in [-0.39, 0.29) is 17.8 Å². The van der Waals surface area contributed by atoms with Gasteiger partial charge in [0.1, 0.15) is 23.9 Å². The van der Waals surface area contributed by atoms with Gasteiger partial charge in [0.2, 0.25) is 0 Å². The number of aromatic nitrogens is 3. The van der Waals surface area contributed by atoms with E-state index in [1.54, 1.807) is 25.3 Å². The van der Waals surface area contributed by atoms with Crippen LogP contribution in [0.4, 0.5) is 5.82 Å². The van der Waals surface area contributed by atoms with Crippen LogP contribution in [0.3, 0.4) is 0 Å². The molecular formula is C23H32N4O3. The Labute approximate surface area is 178 Å². The predicted octanol–water partition coefficient (Wildman–Crippen LogP) is 3.23. The number of fused-ring (bicyclic) bond motifs is 1. The molecule has 3 rings (SSSR count). The molecule has 1 aliphatic rings. The first-order chi connectivity index (χ1) is 14.1. The summed E-state index contributed by atoms with van der Waals surface area (Å²) in [4.78, 5) is 28.4. The third-order valence-corrected chi connectivity index (χ3v) is 4.87. The number of ether oxygens (including phenoxy) is 1. The molecular weight excluding hydrogens is 380 g/mol. The summed E-state index contributed by atoms with van der Waals surface area (Å²) >= 11 is 0. The number of likely N-dealkylation sites (N-methyl/N-ethyl adjacent to an activating group) is 1. The number of rotatable bonds is 8. The number of anilines is 1. The molecule has 2 heterocycles. The molecule has 1 aliphatic carbocycles. The summed E-state index contributed by atoms with van der Waals surface area (Å²) in [5.41, 5.74) is 2.74. The summed E-state index contributed by atoms with van der Waals surface area (Å²) in [6, 6.07) is 3.53. The summed E-state index contributed by atoms with van der Waals surface area (Å²) in [6.07, 6.45) is 4.49. The van der Waals surface area contributed by atoms with Crippen molar-refractivity contribution in [2.24, 2.45) is 5.41 Å². The zero-order valence-electron chi connectivity index (χ0n) is 18.6. The van der Waals surface area contributed by atoms with Crippen molar-refractivity contribution in [3.05, 3.63) is 29.6 Å². The molecule has 7 heteroatoms. The first-order valence-corrected chi connectivity index (χ1v) is 10.5. The molecule has 0 unspecified atom stereocenters. The molecule has 162 valence electrons. The minimum absolute atomic E-state index is 0.0346. The molecule has 0 fully saturated rings. The number of Topliss-reactive ketones (excluding diaryl/α,β-unsaturated/α-hetero) is 1. The van der Waals surface area contributed by atoms with E-state index in [9.17, 15) is 9.90 Å². The van der Waals surface area contributed by atoms with Crippen LogP contribution in [0.2, 0.25) is 0 Å². The maximum absolute atomic E-state index is 12.5. The Morgan fingerprint density at radius 2 is 2.07 bits per heavy atom. The van der Waals surface area contributed by atoms with Gasteiger partial charge in [0, 0.05) is 37.0 Å². The monoisotopic (exact) mass is 412 g/mol. The standard InChI is InChI=1S/C23H32N4O3/c1-15(28)14-30-17-9-10-24-20(11-17)21-25-19-8-6-7-18(19)22(26-21)27(5)13-16(29)12-23(2,3)4/h9-11,15,28H,6-8,12-14H2,1-5H3/t15-/m1/s1. The topological polar surface area (TPSA) is 88.4 Å². The van der Waals surface area contributed by atoms with E-state index in [0.717, 1.165) is 36.3 Å². The summed E-state index contributed by atoms with van der Waals surface area (Å²) in [7, 11) is 1.92. The highest BCUT2D eigenvalue weighted by molar-refractivity contribution is 5.84. The largest absolute Gasteiger partial charge is 0.491 e. The van der Waals surface area contributed by atoms with E-state index >= 15 is 0 Å². The lowest BCUT2D eigenvalue weighted by Crippen LogP contribution is -2.30. The van der Waals surface area contributed by atoms with E-state index < -0.39 is 6.10 Å². The third kappa shape index (κ3) is 5.75. The fourth-order valence-corrected chi connectivity index (χ4v) is 3.67. The highest BCUT2D eigenvalue weighted by Crippen LogP contribution is 2.31. The smallest absolute Gasteiger partial charge is 0.180 e. The number of ketones is 1. The number of aryl methyl sites for hydroxylation is 1. The molecule has 0 saturated carbocycles. The van der Waals surface area contributed by atoms with Crippen LogP contribution in [0.1, 0.15) is 51.8 Å². The number of nitrogens with zero attached hydrogens (tertiary/aromatic N) is 4. The second-order valence-electron chi connectivity index (χ2n) is 9.32. The zero-order chi connectivity index (χ0) is 21.9. The van der Waals surface area contributed by atoms with E-state index in [1.807, 2.05) is 11.9 Å². The third-order valence-electron chi connectivity index (χ3n) is 4.87. The van der Waals surface area contributed by atoms with Gasteiger partial charge in [0.05, 0.1) is 12.6 Å². The molecule has 1 N–H and O–H groups in total. The van der Waals surface area contributed by atoms with Gasteiger partial charge in [-0.2, -0.15) is 0 Å². The highest BCUT2D eigenvalue weighted by Gasteiger charge is 2.24. The molecule has 0 aliphatic heterocycles. The van der Waals surface area contributed by atoms with Crippen LogP contribution in [0.25, 0.3) is 11.5 Å². The molecule has 0 bridgehead atoms. The Morgan fingerprint density at radius 3 is 2.77 bits per heavy atom. The van der Waals surface area contributed by atoms with Crippen LogP contribution >= 0.6 is 0 Å². The second kappa shape index (κ2) is 9.08. The van der Waals surface area contributed by atoms with Crippen molar-refractivity contribution >= 4 is 11.6 Å². The quantitative estimate of drug-likeness (QED) is 0.712. The maximum atomic E-state index is 12.5. The van der Waals surface area contributed by atoms with Gasteiger partial charge in [-0.1, -0.05) is 20.8 Å². The molecule has 0 saturated heterocycles. The Bertz CT molecular complexity index is 906. The number of carbonyl (C=O) groups is 1. The van der Waals surface area contributed by atoms with Gasteiger partial charge in [0.25, 0.3) is 0 Å². The zero-order valence-corrected chi connectivity index (χ0v) is 18.6. The van der Waals surface area contributed by atoms with Crippen molar-refractivity contribution in [2.45, 2.75) is 59.5 Å².